The molecule has 0 fully saturated rings. The molecule has 0 saturated carbocycles. The van der Waals surface area contributed by atoms with E-state index in [9.17, 15) is 9.59 Å². The van der Waals surface area contributed by atoms with Crippen LogP contribution in [0, 0.1) is 0 Å². The van der Waals surface area contributed by atoms with E-state index in [1.807, 2.05) is 6.20 Å². The molecule has 2 rings (SSSR count). The molecule has 96 valence electrons. The van der Waals surface area contributed by atoms with Gasteiger partial charge < -0.3 is 4.79 Å². The van der Waals surface area contributed by atoms with E-state index in [0.717, 1.165) is 37.5 Å². The van der Waals surface area contributed by atoms with E-state index in [1.54, 1.807) is 0 Å². The fourth-order valence-electron chi connectivity index (χ4n) is 2.25. The van der Waals surface area contributed by atoms with Crippen LogP contribution < -0.4 is 4.90 Å². The number of hydrogen-bond donors (Lipinski definition) is 0. The summed E-state index contributed by atoms with van der Waals surface area (Å²) in [4.78, 5) is 28.2. The Balaban J connectivity index is 2.25. The predicted octanol–water partition coefficient (Wildman–Crippen LogP) is 1.90. The molecule has 18 heavy (non-hydrogen) atoms. The summed E-state index contributed by atoms with van der Waals surface area (Å²) < 4.78 is 0. The summed E-state index contributed by atoms with van der Waals surface area (Å²) in [5.74, 6) is 0.655. The predicted molar refractivity (Wildman–Crippen MR) is 69.6 cm³/mol. The van der Waals surface area contributed by atoms with Gasteiger partial charge in [0.25, 0.3) is 0 Å². The first-order valence-corrected chi connectivity index (χ1v) is 6.48. The number of carbonyl (C=O) groups excluding carboxylic acids is 2. The van der Waals surface area contributed by atoms with Gasteiger partial charge in [0.05, 0.1) is 6.54 Å². The van der Waals surface area contributed by atoms with Crippen LogP contribution in [0.1, 0.15) is 37.3 Å². The number of aromatic nitrogens is 1. The van der Waals surface area contributed by atoms with Gasteiger partial charge in [-0.25, -0.2) is 4.98 Å². The molecule has 1 aliphatic heterocycles. The number of anilines is 1. The molecule has 0 atom stereocenters. The van der Waals surface area contributed by atoms with Gasteiger partial charge in [0.1, 0.15) is 12.1 Å². The Morgan fingerprint density at radius 3 is 3.00 bits per heavy atom. The first-order chi connectivity index (χ1) is 8.76. The van der Waals surface area contributed by atoms with Gasteiger partial charge in [0.15, 0.2) is 0 Å². The Kier molecular flexibility index (Phi) is 4.07. The number of aldehydes is 1. The maximum atomic E-state index is 11.7. The van der Waals surface area contributed by atoms with Gasteiger partial charge in [-0.1, -0.05) is 19.4 Å². The molecule has 0 unspecified atom stereocenters. The van der Waals surface area contributed by atoms with Crippen molar-refractivity contribution in [3.05, 3.63) is 23.4 Å². The zero-order chi connectivity index (χ0) is 13.0. The van der Waals surface area contributed by atoms with Gasteiger partial charge in [0, 0.05) is 12.6 Å². The zero-order valence-corrected chi connectivity index (χ0v) is 10.7. The van der Waals surface area contributed by atoms with Crippen LogP contribution >= 0.6 is 0 Å². The lowest BCUT2D eigenvalue weighted by atomic mass is 10.0. The average molecular weight is 246 g/mol. The van der Waals surface area contributed by atoms with Gasteiger partial charge in [-0.3, -0.25) is 9.69 Å². The summed E-state index contributed by atoms with van der Waals surface area (Å²) >= 11 is 0. The molecular weight excluding hydrogens is 228 g/mol. The van der Waals surface area contributed by atoms with Crippen LogP contribution in [0.5, 0.6) is 0 Å². The molecule has 0 bridgehead atoms. The lowest BCUT2D eigenvalue weighted by Gasteiger charge is -2.26. The van der Waals surface area contributed by atoms with Crippen molar-refractivity contribution >= 4 is 18.0 Å². The van der Waals surface area contributed by atoms with Gasteiger partial charge in [-0.2, -0.15) is 0 Å². The van der Waals surface area contributed by atoms with Crippen LogP contribution in [0.15, 0.2) is 12.3 Å². The molecular formula is C14H18N2O2. The quantitative estimate of drug-likeness (QED) is 0.746. The minimum Gasteiger partial charge on any atom is -0.301 e. The van der Waals surface area contributed by atoms with E-state index in [1.165, 1.54) is 10.5 Å². The van der Waals surface area contributed by atoms with Crippen molar-refractivity contribution in [1.82, 2.24) is 4.98 Å². The molecule has 1 aromatic heterocycles. The monoisotopic (exact) mass is 246 g/mol. The van der Waals surface area contributed by atoms with Crippen molar-refractivity contribution in [2.45, 2.75) is 39.0 Å². The van der Waals surface area contributed by atoms with Gasteiger partial charge >= 0.3 is 0 Å². The maximum Gasteiger partial charge on any atom is 0.228 e. The van der Waals surface area contributed by atoms with E-state index < -0.39 is 0 Å². The molecule has 0 radical (unpaired) electrons. The molecule has 4 heteroatoms. The molecule has 0 aromatic carbocycles. The maximum absolute atomic E-state index is 11.7. The molecule has 0 saturated heterocycles. The van der Waals surface area contributed by atoms with Crippen molar-refractivity contribution in [3.8, 4) is 0 Å². The van der Waals surface area contributed by atoms with Crippen LogP contribution in [0.4, 0.5) is 5.82 Å². The smallest absolute Gasteiger partial charge is 0.228 e. The van der Waals surface area contributed by atoms with E-state index in [0.29, 0.717) is 12.2 Å². The number of unbranched alkanes of at least 4 members (excludes halogenated alkanes) is 1. The zero-order valence-electron chi connectivity index (χ0n) is 10.7. The van der Waals surface area contributed by atoms with Gasteiger partial charge in [-0.15, -0.1) is 0 Å². The average Bonchev–Trinajstić information content (AvgIpc) is 2.39. The van der Waals surface area contributed by atoms with Crippen LogP contribution in [0.3, 0.4) is 0 Å². The number of fused-ring (bicyclic) bond motifs is 1. The van der Waals surface area contributed by atoms with Gasteiger partial charge in [0.2, 0.25) is 5.91 Å². The third-order valence-corrected chi connectivity index (χ3v) is 3.24. The van der Waals surface area contributed by atoms with Gasteiger partial charge in [-0.05, 0) is 30.4 Å². The molecule has 2 heterocycles. The number of rotatable bonds is 5. The van der Waals surface area contributed by atoms with Crippen molar-refractivity contribution in [1.29, 1.82) is 0 Å². The molecule has 0 N–H and O–H groups in total. The Morgan fingerprint density at radius 1 is 1.44 bits per heavy atom. The second-order valence-electron chi connectivity index (χ2n) is 4.60. The topological polar surface area (TPSA) is 50.3 Å². The van der Waals surface area contributed by atoms with E-state index in [4.69, 9.17) is 0 Å². The van der Waals surface area contributed by atoms with Crippen LogP contribution in [0.25, 0.3) is 0 Å². The Morgan fingerprint density at radius 2 is 2.28 bits per heavy atom. The highest BCUT2D eigenvalue weighted by Gasteiger charge is 2.24. The minimum atomic E-state index is -0.0107. The van der Waals surface area contributed by atoms with Crippen LogP contribution in [-0.2, 0) is 22.4 Å². The Labute approximate surface area is 107 Å². The normalized spacial score (nSPS) is 14.5. The summed E-state index contributed by atoms with van der Waals surface area (Å²) in [6, 6.07) is 2.13. The first-order valence-electron chi connectivity index (χ1n) is 6.48. The summed E-state index contributed by atoms with van der Waals surface area (Å²) in [6.45, 7) is 2.27. The number of hydrogen-bond acceptors (Lipinski definition) is 3. The number of nitrogens with zero attached hydrogens (tertiary/aromatic N) is 2. The fraction of sp³-hybridized carbons (Fsp3) is 0.500. The highest BCUT2D eigenvalue weighted by molar-refractivity contribution is 5.97. The Bertz CT molecular complexity index is 457. The van der Waals surface area contributed by atoms with Crippen LogP contribution in [0.2, 0.25) is 0 Å². The van der Waals surface area contributed by atoms with E-state index in [2.05, 4.69) is 18.0 Å². The summed E-state index contributed by atoms with van der Waals surface area (Å²) in [5, 5.41) is 0. The highest BCUT2D eigenvalue weighted by Crippen LogP contribution is 2.26. The second-order valence-corrected chi connectivity index (χ2v) is 4.60. The largest absolute Gasteiger partial charge is 0.301 e. The molecule has 4 nitrogen and oxygen atoms in total. The minimum absolute atomic E-state index is 0.0107. The molecule has 0 aliphatic carbocycles. The molecule has 1 amide bonds. The van der Waals surface area contributed by atoms with E-state index in [-0.39, 0.29) is 12.5 Å². The van der Waals surface area contributed by atoms with Crippen LogP contribution in [-0.4, -0.2) is 23.7 Å². The number of pyridine rings is 1. The molecule has 1 aromatic rings. The summed E-state index contributed by atoms with van der Waals surface area (Å²) in [6.07, 6.45) is 7.11. The van der Waals surface area contributed by atoms with Crippen molar-refractivity contribution in [2.75, 3.05) is 11.4 Å². The van der Waals surface area contributed by atoms with Crippen molar-refractivity contribution < 1.29 is 9.59 Å². The molecule has 0 spiro atoms. The number of amides is 1. The number of aryl methyl sites for hydroxylation is 2. The van der Waals surface area contributed by atoms with Crippen molar-refractivity contribution in [3.63, 3.8) is 0 Å². The standard InChI is InChI=1S/C14H18N2O2/c1-2-3-4-11-9-12-5-6-13(18)16(7-8-17)14(12)15-10-11/h8-10H,2-7H2,1H3. The lowest BCUT2D eigenvalue weighted by Crippen LogP contribution is -2.37. The SMILES string of the molecule is CCCCc1cnc2c(c1)CCC(=O)N2CC=O. The lowest BCUT2D eigenvalue weighted by molar-refractivity contribution is -0.120. The summed E-state index contributed by atoms with van der Waals surface area (Å²) in [7, 11) is 0. The molecule has 1 aliphatic rings. The van der Waals surface area contributed by atoms with Crippen molar-refractivity contribution in [2.24, 2.45) is 0 Å². The second kappa shape index (κ2) is 5.76. The first kappa shape index (κ1) is 12.7. The fourth-order valence-corrected chi connectivity index (χ4v) is 2.25. The van der Waals surface area contributed by atoms with E-state index >= 15 is 0 Å². The third kappa shape index (κ3) is 2.58. The highest BCUT2D eigenvalue weighted by atomic mass is 16.2. The Hall–Kier alpha value is -1.71. The summed E-state index contributed by atoms with van der Waals surface area (Å²) in [5.41, 5.74) is 2.31. The number of carbonyl (C=O) groups is 2. The third-order valence-electron chi connectivity index (χ3n) is 3.24.